The van der Waals surface area contributed by atoms with Crippen LogP contribution in [-0.2, 0) is 9.53 Å². The van der Waals surface area contributed by atoms with Gasteiger partial charge in [-0.05, 0) is 80.1 Å². The van der Waals surface area contributed by atoms with Crippen LogP contribution in [0.15, 0.2) is 37.5 Å². The molecule has 6 aliphatic rings. The third kappa shape index (κ3) is 2.44. The lowest BCUT2D eigenvalue weighted by atomic mass is 9.45. The first-order valence-electron chi connectivity index (χ1n) is 11.9. The van der Waals surface area contributed by atoms with Crippen molar-refractivity contribution in [3.63, 3.8) is 0 Å². The minimum absolute atomic E-state index is 0.00456. The van der Waals surface area contributed by atoms with Crippen LogP contribution in [0.4, 0.5) is 0 Å². The fraction of sp³-hybridized carbons (Fsp3) is 0.741. The quantitative estimate of drug-likeness (QED) is 0.380. The highest BCUT2D eigenvalue weighted by Crippen LogP contribution is 2.67. The number of ether oxygens (including phenoxy) is 1. The van der Waals surface area contributed by atoms with Crippen LogP contribution >= 0.6 is 0 Å². The second kappa shape index (κ2) is 6.11. The van der Waals surface area contributed by atoms with Crippen molar-refractivity contribution in [2.24, 2.45) is 45.8 Å². The summed E-state index contributed by atoms with van der Waals surface area (Å²) in [6.07, 6.45) is 17.9. The van der Waals surface area contributed by atoms with Crippen molar-refractivity contribution in [1.82, 2.24) is 0 Å². The van der Waals surface area contributed by atoms with Gasteiger partial charge in [-0.2, -0.15) is 0 Å². The molecular weight excluding hydrogens is 356 g/mol. The molecule has 0 saturated heterocycles. The molecule has 0 aromatic carbocycles. The minimum atomic E-state index is -0.589. The highest BCUT2D eigenvalue weighted by Gasteiger charge is 2.64. The van der Waals surface area contributed by atoms with Crippen LogP contribution in [0, 0.1) is 45.8 Å². The molecule has 2 heteroatoms. The zero-order valence-corrected chi connectivity index (χ0v) is 18.6. The Kier molecular flexibility index (Phi) is 4.14. The van der Waals surface area contributed by atoms with Crippen LogP contribution in [-0.4, -0.2) is 11.6 Å². The molecule has 4 unspecified atom stereocenters. The predicted octanol–water partition coefficient (Wildman–Crippen LogP) is 6.49. The second-order valence-electron chi connectivity index (χ2n) is 12.0. The third-order valence-electron chi connectivity index (χ3n) is 10.5. The largest absolute Gasteiger partial charge is 0.454 e. The lowest BCUT2D eigenvalue weighted by Gasteiger charge is -2.62. The van der Waals surface area contributed by atoms with Gasteiger partial charge in [0.05, 0.1) is 5.92 Å². The summed E-state index contributed by atoms with van der Waals surface area (Å²) in [6.45, 7) is 15.2. The highest BCUT2D eigenvalue weighted by molar-refractivity contribution is 5.76. The normalized spacial score (nSPS) is 47.8. The van der Waals surface area contributed by atoms with Crippen molar-refractivity contribution >= 4 is 5.97 Å². The summed E-state index contributed by atoms with van der Waals surface area (Å²) in [5.74, 6) is 2.86. The first-order valence-corrected chi connectivity index (χ1v) is 11.9. The molecule has 158 valence electrons. The molecule has 0 N–H and O–H groups in total. The van der Waals surface area contributed by atoms with Crippen LogP contribution in [0.1, 0.15) is 72.1 Å². The van der Waals surface area contributed by atoms with Gasteiger partial charge in [0.1, 0.15) is 5.60 Å². The molecule has 6 rings (SSSR count). The number of rotatable bonds is 6. The molecule has 4 atom stereocenters. The molecule has 5 fully saturated rings. The summed E-state index contributed by atoms with van der Waals surface area (Å²) in [4.78, 5) is 13.7. The van der Waals surface area contributed by atoms with Crippen molar-refractivity contribution in [2.75, 3.05) is 0 Å². The predicted molar refractivity (Wildman–Crippen MR) is 117 cm³/mol. The Morgan fingerprint density at radius 3 is 2.07 bits per heavy atom. The molecule has 0 aromatic heterocycles. The molecule has 5 saturated carbocycles. The van der Waals surface area contributed by atoms with Gasteiger partial charge in [0.15, 0.2) is 0 Å². The second-order valence-corrected chi connectivity index (χ2v) is 12.0. The summed E-state index contributed by atoms with van der Waals surface area (Å²) in [5, 5.41) is 0. The van der Waals surface area contributed by atoms with Gasteiger partial charge >= 0.3 is 5.97 Å². The number of allylic oxidation sites excluding steroid dienone is 2. The van der Waals surface area contributed by atoms with Crippen molar-refractivity contribution < 1.29 is 9.53 Å². The number of esters is 1. The molecule has 0 radical (unpaired) electrons. The molecule has 0 aromatic rings. The molecule has 0 heterocycles. The Balaban J connectivity index is 1.47. The maximum Gasteiger partial charge on any atom is 0.310 e. The van der Waals surface area contributed by atoms with E-state index in [0.29, 0.717) is 12.3 Å². The molecule has 2 nitrogen and oxygen atoms in total. The third-order valence-corrected chi connectivity index (χ3v) is 10.5. The molecule has 6 bridgehead atoms. The zero-order chi connectivity index (χ0) is 20.7. The van der Waals surface area contributed by atoms with Crippen LogP contribution in [0.3, 0.4) is 0 Å². The summed E-state index contributed by atoms with van der Waals surface area (Å²) in [5.41, 5.74) is -0.519. The average molecular weight is 395 g/mol. The lowest BCUT2D eigenvalue weighted by Crippen LogP contribution is -2.59. The number of carbonyl (C=O) groups is 1. The van der Waals surface area contributed by atoms with Crippen molar-refractivity contribution in [2.45, 2.75) is 77.7 Å². The van der Waals surface area contributed by atoms with E-state index in [4.69, 9.17) is 4.74 Å². The Hall–Kier alpha value is -1.31. The van der Waals surface area contributed by atoms with E-state index >= 15 is 0 Å². The minimum Gasteiger partial charge on any atom is -0.454 e. The van der Waals surface area contributed by atoms with Gasteiger partial charge in [0.25, 0.3) is 0 Å². The first-order chi connectivity index (χ1) is 13.7. The Bertz CT molecular complexity index is 738. The van der Waals surface area contributed by atoms with E-state index in [9.17, 15) is 4.79 Å². The van der Waals surface area contributed by atoms with Gasteiger partial charge in [-0.15, -0.1) is 6.58 Å². The molecule has 6 aliphatic carbocycles. The van der Waals surface area contributed by atoms with E-state index in [1.165, 1.54) is 38.5 Å². The summed E-state index contributed by atoms with van der Waals surface area (Å²) in [6, 6.07) is 0. The van der Waals surface area contributed by atoms with Crippen LogP contribution in [0.2, 0.25) is 0 Å². The van der Waals surface area contributed by atoms with E-state index in [1.54, 1.807) is 0 Å². The fourth-order valence-corrected chi connectivity index (χ4v) is 8.75. The smallest absolute Gasteiger partial charge is 0.310 e. The number of carbonyl (C=O) groups excluding carboxylic acids is 1. The van der Waals surface area contributed by atoms with Crippen molar-refractivity contribution in [1.29, 1.82) is 0 Å². The van der Waals surface area contributed by atoms with Gasteiger partial charge < -0.3 is 4.74 Å². The topological polar surface area (TPSA) is 26.3 Å². The van der Waals surface area contributed by atoms with Gasteiger partial charge in [0, 0.05) is 17.3 Å². The molecule has 0 amide bonds. The van der Waals surface area contributed by atoms with E-state index in [1.807, 2.05) is 12.2 Å². The molecule has 0 spiro atoms. The maximum atomic E-state index is 13.7. The standard InChI is InChI=1S/C27H38O2/c1-6-9-27(7-2,26-15-18-11-19(16-26)13-20(12-18)17-26)29-23(28)22-14-21-8-10-25(22,5)24(21,3)4/h6-8,10,18-22H,1-2,9,11-17H2,3-5H3. The van der Waals surface area contributed by atoms with Crippen LogP contribution in [0.5, 0.6) is 0 Å². The van der Waals surface area contributed by atoms with Crippen LogP contribution < -0.4 is 0 Å². The summed E-state index contributed by atoms with van der Waals surface area (Å²) in [7, 11) is 0. The van der Waals surface area contributed by atoms with E-state index in [2.05, 4.69) is 46.1 Å². The van der Waals surface area contributed by atoms with Gasteiger partial charge in [0.2, 0.25) is 0 Å². The van der Waals surface area contributed by atoms with E-state index < -0.39 is 5.60 Å². The molecule has 0 aliphatic heterocycles. The summed E-state index contributed by atoms with van der Waals surface area (Å²) < 4.78 is 6.65. The Morgan fingerprint density at radius 2 is 1.66 bits per heavy atom. The Labute approximate surface area is 176 Å². The fourth-order valence-electron chi connectivity index (χ4n) is 8.75. The SMILES string of the molecule is C=CCC(C=C)(OC(=O)C1CC2C=CC1(C)C2(C)C)C12CC3CC(CC(C3)C1)C2. The van der Waals surface area contributed by atoms with E-state index in [-0.39, 0.29) is 28.1 Å². The van der Waals surface area contributed by atoms with E-state index in [0.717, 1.165) is 24.2 Å². The molecular formula is C27H38O2. The molecule has 29 heavy (non-hydrogen) atoms. The maximum absolute atomic E-state index is 13.7. The Morgan fingerprint density at radius 1 is 1.07 bits per heavy atom. The monoisotopic (exact) mass is 394 g/mol. The number of hydrogen-bond acceptors (Lipinski definition) is 2. The number of fused-ring (bicyclic) bond motifs is 2. The first kappa shape index (κ1) is 19.6. The van der Waals surface area contributed by atoms with Crippen molar-refractivity contribution in [3.05, 3.63) is 37.5 Å². The van der Waals surface area contributed by atoms with Gasteiger partial charge in [-0.25, -0.2) is 0 Å². The van der Waals surface area contributed by atoms with Crippen LogP contribution in [0.25, 0.3) is 0 Å². The van der Waals surface area contributed by atoms with Crippen molar-refractivity contribution in [3.8, 4) is 0 Å². The van der Waals surface area contributed by atoms with Gasteiger partial charge in [-0.3, -0.25) is 4.79 Å². The number of hydrogen-bond donors (Lipinski definition) is 0. The lowest BCUT2D eigenvalue weighted by molar-refractivity contribution is -0.200. The summed E-state index contributed by atoms with van der Waals surface area (Å²) >= 11 is 0. The zero-order valence-electron chi connectivity index (χ0n) is 18.6. The van der Waals surface area contributed by atoms with Gasteiger partial charge in [-0.1, -0.05) is 45.6 Å². The highest BCUT2D eigenvalue weighted by atomic mass is 16.6. The average Bonchev–Trinajstić information content (AvgIpc) is 2.99.